The standard InChI is InChI=1S/C22H24ClN3O2S/c1-2-28-21(27)13-16-4-3-5-17(12-16)15-25-8-10-26(11-9-25)22-24-19-7-6-18(23)14-20(19)29-22/h3-7,12,14H,2,8-11,13,15H2,1H3. The fourth-order valence-corrected chi connectivity index (χ4v) is 4.89. The number of carbonyl (C=O) groups is 1. The van der Waals surface area contributed by atoms with Gasteiger partial charge in [-0.2, -0.15) is 0 Å². The van der Waals surface area contributed by atoms with E-state index in [0.29, 0.717) is 13.0 Å². The monoisotopic (exact) mass is 429 g/mol. The fraction of sp³-hybridized carbons (Fsp3) is 0.364. The number of piperazine rings is 1. The van der Waals surface area contributed by atoms with Gasteiger partial charge in [-0.05, 0) is 36.2 Å². The van der Waals surface area contributed by atoms with Crippen LogP contribution in [0.4, 0.5) is 5.13 Å². The van der Waals surface area contributed by atoms with Crippen LogP contribution in [0.15, 0.2) is 42.5 Å². The summed E-state index contributed by atoms with van der Waals surface area (Å²) in [5.74, 6) is -0.171. The Kier molecular flexibility index (Phi) is 6.33. The predicted molar refractivity (Wildman–Crippen MR) is 119 cm³/mol. The molecule has 0 N–H and O–H groups in total. The van der Waals surface area contributed by atoms with Crippen LogP contribution in [0.3, 0.4) is 0 Å². The van der Waals surface area contributed by atoms with E-state index < -0.39 is 0 Å². The lowest BCUT2D eigenvalue weighted by Crippen LogP contribution is -2.45. The van der Waals surface area contributed by atoms with Gasteiger partial charge in [0, 0.05) is 37.7 Å². The molecule has 0 unspecified atom stereocenters. The lowest BCUT2D eigenvalue weighted by Gasteiger charge is -2.34. The molecule has 1 saturated heterocycles. The van der Waals surface area contributed by atoms with Crippen LogP contribution in [0.5, 0.6) is 0 Å². The van der Waals surface area contributed by atoms with Gasteiger partial charge in [-0.1, -0.05) is 47.2 Å². The molecule has 0 radical (unpaired) electrons. The minimum absolute atomic E-state index is 0.171. The van der Waals surface area contributed by atoms with Gasteiger partial charge in [0.25, 0.3) is 0 Å². The van der Waals surface area contributed by atoms with E-state index in [2.05, 4.69) is 21.9 Å². The second-order valence-corrected chi connectivity index (χ2v) is 8.62. The first-order chi connectivity index (χ1) is 14.1. The topological polar surface area (TPSA) is 45.7 Å². The molecule has 7 heteroatoms. The summed E-state index contributed by atoms with van der Waals surface area (Å²) in [5.41, 5.74) is 3.25. The molecule has 5 nitrogen and oxygen atoms in total. The summed E-state index contributed by atoms with van der Waals surface area (Å²) in [4.78, 5) is 21.3. The van der Waals surface area contributed by atoms with Gasteiger partial charge in [0.05, 0.1) is 23.2 Å². The molecule has 0 bridgehead atoms. The third kappa shape index (κ3) is 5.07. The third-order valence-corrected chi connectivity index (χ3v) is 6.35. The van der Waals surface area contributed by atoms with Crippen molar-refractivity contribution in [3.63, 3.8) is 0 Å². The molecule has 0 saturated carbocycles. The molecule has 1 aromatic heterocycles. The normalized spacial score (nSPS) is 15.0. The van der Waals surface area contributed by atoms with Crippen LogP contribution >= 0.6 is 22.9 Å². The fourth-order valence-electron chi connectivity index (χ4n) is 3.59. The maximum absolute atomic E-state index is 11.7. The molecular formula is C22H24ClN3O2S. The Morgan fingerprint density at radius 3 is 2.72 bits per heavy atom. The SMILES string of the molecule is CCOC(=O)Cc1cccc(CN2CCN(c3nc4ccc(Cl)cc4s3)CC2)c1. The molecule has 4 rings (SSSR count). The summed E-state index contributed by atoms with van der Waals surface area (Å²) < 4.78 is 6.18. The first-order valence-corrected chi connectivity index (χ1v) is 11.1. The zero-order valence-electron chi connectivity index (χ0n) is 16.4. The van der Waals surface area contributed by atoms with E-state index in [9.17, 15) is 4.79 Å². The number of hydrogen-bond donors (Lipinski definition) is 0. The zero-order valence-corrected chi connectivity index (χ0v) is 18.0. The van der Waals surface area contributed by atoms with Crippen molar-refractivity contribution >= 4 is 44.3 Å². The van der Waals surface area contributed by atoms with Gasteiger partial charge < -0.3 is 9.64 Å². The molecule has 2 aromatic carbocycles. The van der Waals surface area contributed by atoms with Crippen molar-refractivity contribution in [2.24, 2.45) is 0 Å². The number of halogens is 1. The number of benzene rings is 2. The van der Waals surface area contributed by atoms with E-state index in [0.717, 1.165) is 58.7 Å². The highest BCUT2D eigenvalue weighted by atomic mass is 35.5. The summed E-state index contributed by atoms with van der Waals surface area (Å²) in [6.07, 6.45) is 0.330. The lowest BCUT2D eigenvalue weighted by molar-refractivity contribution is -0.142. The molecule has 29 heavy (non-hydrogen) atoms. The molecule has 0 aliphatic carbocycles. The number of esters is 1. The summed E-state index contributed by atoms with van der Waals surface area (Å²) >= 11 is 7.80. The molecule has 3 aromatic rings. The molecule has 1 fully saturated rings. The Morgan fingerprint density at radius 1 is 1.14 bits per heavy atom. The first kappa shape index (κ1) is 20.1. The van der Waals surface area contributed by atoms with Gasteiger partial charge >= 0.3 is 5.97 Å². The van der Waals surface area contributed by atoms with Crippen molar-refractivity contribution in [3.05, 3.63) is 58.6 Å². The van der Waals surface area contributed by atoms with Crippen molar-refractivity contribution in [2.75, 3.05) is 37.7 Å². The van der Waals surface area contributed by atoms with Crippen molar-refractivity contribution < 1.29 is 9.53 Å². The average molecular weight is 430 g/mol. The highest BCUT2D eigenvalue weighted by molar-refractivity contribution is 7.22. The van der Waals surface area contributed by atoms with E-state index in [1.807, 2.05) is 37.3 Å². The molecule has 2 heterocycles. The van der Waals surface area contributed by atoms with E-state index >= 15 is 0 Å². The molecular weight excluding hydrogens is 406 g/mol. The van der Waals surface area contributed by atoms with Gasteiger partial charge in [-0.3, -0.25) is 9.69 Å². The third-order valence-electron chi connectivity index (χ3n) is 5.03. The number of hydrogen-bond acceptors (Lipinski definition) is 6. The Hall–Kier alpha value is -2.15. The minimum atomic E-state index is -0.171. The number of rotatable bonds is 6. The van der Waals surface area contributed by atoms with Crippen molar-refractivity contribution in [1.29, 1.82) is 0 Å². The number of carbonyl (C=O) groups excluding carboxylic acids is 1. The summed E-state index contributed by atoms with van der Waals surface area (Å²) in [6, 6.07) is 14.1. The van der Waals surface area contributed by atoms with Gasteiger partial charge in [-0.15, -0.1) is 0 Å². The van der Waals surface area contributed by atoms with E-state index in [4.69, 9.17) is 21.3 Å². The molecule has 1 aliphatic heterocycles. The molecule has 0 spiro atoms. The number of nitrogens with zero attached hydrogens (tertiary/aromatic N) is 3. The second-order valence-electron chi connectivity index (χ2n) is 7.17. The van der Waals surface area contributed by atoms with Gasteiger partial charge in [0.1, 0.15) is 0 Å². The summed E-state index contributed by atoms with van der Waals surface area (Å²) in [6.45, 7) is 7.02. The lowest BCUT2D eigenvalue weighted by atomic mass is 10.1. The van der Waals surface area contributed by atoms with Crippen molar-refractivity contribution in [1.82, 2.24) is 9.88 Å². The van der Waals surface area contributed by atoms with Crippen molar-refractivity contribution in [3.8, 4) is 0 Å². The smallest absolute Gasteiger partial charge is 0.310 e. The second kappa shape index (κ2) is 9.11. The van der Waals surface area contributed by atoms with Crippen LogP contribution in [0.1, 0.15) is 18.1 Å². The van der Waals surface area contributed by atoms with E-state index in [-0.39, 0.29) is 5.97 Å². The molecule has 0 amide bonds. The van der Waals surface area contributed by atoms with Crippen LogP contribution < -0.4 is 4.90 Å². The Labute approximate surface area is 179 Å². The highest BCUT2D eigenvalue weighted by Gasteiger charge is 2.20. The number of thiazole rings is 1. The maximum Gasteiger partial charge on any atom is 0.310 e. The largest absolute Gasteiger partial charge is 0.466 e. The maximum atomic E-state index is 11.7. The van der Waals surface area contributed by atoms with Crippen LogP contribution in [0.2, 0.25) is 5.02 Å². The summed E-state index contributed by atoms with van der Waals surface area (Å²) in [7, 11) is 0. The number of anilines is 1. The zero-order chi connectivity index (χ0) is 20.2. The van der Waals surface area contributed by atoms with Gasteiger partial charge in [-0.25, -0.2) is 4.98 Å². The highest BCUT2D eigenvalue weighted by Crippen LogP contribution is 2.31. The Morgan fingerprint density at radius 2 is 1.93 bits per heavy atom. The Balaban J connectivity index is 1.34. The van der Waals surface area contributed by atoms with Gasteiger partial charge in [0.2, 0.25) is 0 Å². The number of aromatic nitrogens is 1. The average Bonchev–Trinajstić information content (AvgIpc) is 3.12. The van der Waals surface area contributed by atoms with Crippen LogP contribution in [-0.4, -0.2) is 48.6 Å². The van der Waals surface area contributed by atoms with Crippen LogP contribution in [0, 0.1) is 0 Å². The molecule has 0 atom stereocenters. The van der Waals surface area contributed by atoms with Crippen LogP contribution in [0.25, 0.3) is 10.2 Å². The predicted octanol–water partition coefficient (Wildman–Crippen LogP) is 4.38. The van der Waals surface area contributed by atoms with E-state index in [1.54, 1.807) is 11.3 Å². The van der Waals surface area contributed by atoms with Crippen molar-refractivity contribution in [2.45, 2.75) is 19.9 Å². The molecule has 152 valence electrons. The van der Waals surface area contributed by atoms with Crippen LogP contribution in [-0.2, 0) is 22.5 Å². The number of ether oxygens (including phenoxy) is 1. The van der Waals surface area contributed by atoms with E-state index in [1.165, 1.54) is 5.56 Å². The Bertz CT molecular complexity index is 999. The first-order valence-electron chi connectivity index (χ1n) is 9.87. The van der Waals surface area contributed by atoms with Gasteiger partial charge in [0.15, 0.2) is 5.13 Å². The summed E-state index contributed by atoms with van der Waals surface area (Å²) in [5, 5.41) is 1.82. The number of fused-ring (bicyclic) bond motifs is 1. The quantitative estimate of drug-likeness (QED) is 0.544. The molecule has 1 aliphatic rings. The minimum Gasteiger partial charge on any atom is -0.466 e.